The number of aryl methyl sites for hydroxylation is 1. The van der Waals surface area contributed by atoms with Gasteiger partial charge in [0.15, 0.2) is 0 Å². The average Bonchev–Trinajstić information content (AvgIpc) is 2.19. The van der Waals surface area contributed by atoms with Gasteiger partial charge >= 0.3 is 5.97 Å². The molecule has 0 aromatic heterocycles. The number of aromatic hydroxyl groups is 1. The lowest BCUT2D eigenvalue weighted by Crippen LogP contribution is -2.33. The van der Waals surface area contributed by atoms with E-state index in [1.54, 1.807) is 26.0 Å². The first kappa shape index (κ1) is 11.5. The molecule has 4 nitrogen and oxygen atoms in total. The van der Waals surface area contributed by atoms with Gasteiger partial charge in [0.1, 0.15) is 11.8 Å². The topological polar surface area (TPSA) is 69.6 Å². The molecule has 0 spiro atoms. The molecule has 15 heavy (non-hydrogen) atoms. The van der Waals surface area contributed by atoms with Crippen LogP contribution in [-0.4, -0.2) is 22.2 Å². The third kappa shape index (κ3) is 2.95. The molecule has 1 rings (SSSR count). The van der Waals surface area contributed by atoms with E-state index in [2.05, 4.69) is 5.32 Å². The zero-order chi connectivity index (χ0) is 11.4. The number of para-hydroxylation sites is 1. The van der Waals surface area contributed by atoms with E-state index in [9.17, 15) is 9.90 Å². The molecule has 0 bridgehead atoms. The van der Waals surface area contributed by atoms with Crippen LogP contribution in [0.5, 0.6) is 5.75 Å². The Bertz CT molecular complexity index is 363. The molecule has 3 N–H and O–H groups in total. The minimum Gasteiger partial charge on any atom is -0.507 e. The molecule has 0 aliphatic carbocycles. The Hall–Kier alpha value is -1.55. The van der Waals surface area contributed by atoms with Crippen molar-refractivity contribution in [3.8, 4) is 5.75 Å². The van der Waals surface area contributed by atoms with Gasteiger partial charge in [0.25, 0.3) is 0 Å². The van der Waals surface area contributed by atoms with Crippen molar-refractivity contribution in [2.45, 2.75) is 26.4 Å². The molecule has 82 valence electrons. The molecule has 0 heterocycles. The summed E-state index contributed by atoms with van der Waals surface area (Å²) in [4.78, 5) is 10.5. The van der Waals surface area contributed by atoms with Crippen LogP contribution in [0.3, 0.4) is 0 Å². The third-order valence-corrected chi connectivity index (χ3v) is 2.29. The molecule has 1 aromatic rings. The SMILES string of the molecule is Cc1cccc(CNC(C)C(=O)O)c1O. The summed E-state index contributed by atoms with van der Waals surface area (Å²) in [5.74, 6) is -0.676. The highest BCUT2D eigenvalue weighted by Crippen LogP contribution is 2.20. The number of carboxylic acids is 1. The molecule has 1 aromatic carbocycles. The Labute approximate surface area is 88.6 Å². The normalized spacial score (nSPS) is 12.4. The number of carbonyl (C=O) groups is 1. The van der Waals surface area contributed by atoms with Gasteiger partial charge in [0, 0.05) is 12.1 Å². The summed E-state index contributed by atoms with van der Waals surface area (Å²) in [5, 5.41) is 21.1. The number of benzene rings is 1. The van der Waals surface area contributed by atoms with Gasteiger partial charge in [-0.15, -0.1) is 0 Å². The van der Waals surface area contributed by atoms with E-state index in [0.717, 1.165) is 5.56 Å². The number of rotatable bonds is 4. The van der Waals surface area contributed by atoms with Crippen molar-refractivity contribution in [1.82, 2.24) is 5.32 Å². The lowest BCUT2D eigenvalue weighted by atomic mass is 10.1. The molecule has 0 aliphatic heterocycles. The summed E-state index contributed by atoms with van der Waals surface area (Å²) in [6.45, 7) is 3.72. The van der Waals surface area contributed by atoms with E-state index in [0.29, 0.717) is 12.1 Å². The molecule has 1 unspecified atom stereocenters. The number of nitrogens with one attached hydrogen (secondary N) is 1. The summed E-state index contributed by atoms with van der Waals surface area (Å²) >= 11 is 0. The van der Waals surface area contributed by atoms with E-state index < -0.39 is 12.0 Å². The largest absolute Gasteiger partial charge is 0.507 e. The molecule has 0 aliphatic rings. The van der Waals surface area contributed by atoms with Crippen LogP contribution < -0.4 is 5.32 Å². The van der Waals surface area contributed by atoms with Crippen molar-refractivity contribution in [2.24, 2.45) is 0 Å². The molecule has 0 radical (unpaired) electrons. The van der Waals surface area contributed by atoms with Crippen LogP contribution in [0.4, 0.5) is 0 Å². The molecular weight excluding hydrogens is 194 g/mol. The Kier molecular flexibility index (Phi) is 3.68. The van der Waals surface area contributed by atoms with Crippen LogP contribution in [0.2, 0.25) is 0 Å². The van der Waals surface area contributed by atoms with Gasteiger partial charge in [-0.2, -0.15) is 0 Å². The smallest absolute Gasteiger partial charge is 0.320 e. The fourth-order valence-corrected chi connectivity index (χ4v) is 1.21. The first-order chi connectivity index (χ1) is 7.02. The first-order valence-electron chi connectivity index (χ1n) is 4.76. The Balaban J connectivity index is 2.66. The maximum absolute atomic E-state index is 10.5. The van der Waals surface area contributed by atoms with E-state index in [-0.39, 0.29) is 5.75 Å². The Morgan fingerprint density at radius 3 is 2.80 bits per heavy atom. The van der Waals surface area contributed by atoms with Gasteiger partial charge < -0.3 is 15.5 Å². The maximum Gasteiger partial charge on any atom is 0.320 e. The first-order valence-corrected chi connectivity index (χ1v) is 4.76. The second-order valence-electron chi connectivity index (χ2n) is 3.52. The highest BCUT2D eigenvalue weighted by molar-refractivity contribution is 5.72. The average molecular weight is 209 g/mol. The Morgan fingerprint density at radius 1 is 1.53 bits per heavy atom. The van der Waals surface area contributed by atoms with E-state index in [4.69, 9.17) is 5.11 Å². The number of aliphatic carboxylic acids is 1. The van der Waals surface area contributed by atoms with Crippen molar-refractivity contribution >= 4 is 5.97 Å². The van der Waals surface area contributed by atoms with E-state index in [1.807, 2.05) is 6.07 Å². The van der Waals surface area contributed by atoms with Crippen LogP contribution in [0, 0.1) is 6.92 Å². The molecular formula is C11H15NO3. The van der Waals surface area contributed by atoms with Crippen LogP contribution in [0.15, 0.2) is 18.2 Å². The second kappa shape index (κ2) is 4.79. The predicted molar refractivity (Wildman–Crippen MR) is 56.8 cm³/mol. The fraction of sp³-hybridized carbons (Fsp3) is 0.364. The van der Waals surface area contributed by atoms with Gasteiger partial charge in [-0.05, 0) is 19.4 Å². The lowest BCUT2D eigenvalue weighted by Gasteiger charge is -2.11. The van der Waals surface area contributed by atoms with Crippen molar-refractivity contribution < 1.29 is 15.0 Å². The minimum atomic E-state index is -0.901. The summed E-state index contributed by atoms with van der Waals surface area (Å²) in [6, 6.07) is 4.78. The molecule has 1 atom stereocenters. The molecule has 0 amide bonds. The zero-order valence-corrected chi connectivity index (χ0v) is 8.82. The maximum atomic E-state index is 10.5. The number of carboxylic acid groups (broad SMARTS) is 1. The molecule has 0 saturated heterocycles. The summed E-state index contributed by atoms with van der Waals surface area (Å²) in [6.07, 6.45) is 0. The van der Waals surface area contributed by atoms with E-state index >= 15 is 0 Å². The number of hydrogen-bond acceptors (Lipinski definition) is 3. The Morgan fingerprint density at radius 2 is 2.20 bits per heavy atom. The highest BCUT2D eigenvalue weighted by Gasteiger charge is 2.10. The van der Waals surface area contributed by atoms with Crippen molar-refractivity contribution in [1.29, 1.82) is 0 Å². The van der Waals surface area contributed by atoms with Crippen LogP contribution in [-0.2, 0) is 11.3 Å². The standard InChI is InChI=1S/C11H15NO3/c1-7-4-3-5-9(10(7)13)6-12-8(2)11(14)15/h3-5,8,12-13H,6H2,1-2H3,(H,14,15). The van der Waals surface area contributed by atoms with Gasteiger partial charge in [-0.3, -0.25) is 4.79 Å². The lowest BCUT2D eigenvalue weighted by molar-refractivity contribution is -0.139. The summed E-state index contributed by atoms with van der Waals surface area (Å²) in [7, 11) is 0. The quantitative estimate of drug-likeness (QED) is 0.698. The number of hydrogen-bond donors (Lipinski definition) is 3. The van der Waals surface area contributed by atoms with Gasteiger partial charge in [0.05, 0.1) is 0 Å². The fourth-order valence-electron chi connectivity index (χ4n) is 1.21. The van der Waals surface area contributed by atoms with Crippen LogP contribution in [0.1, 0.15) is 18.1 Å². The van der Waals surface area contributed by atoms with Crippen LogP contribution in [0.25, 0.3) is 0 Å². The summed E-state index contributed by atoms with van der Waals surface area (Å²) in [5.41, 5.74) is 1.50. The molecule has 4 heteroatoms. The molecule has 0 fully saturated rings. The van der Waals surface area contributed by atoms with Crippen LogP contribution >= 0.6 is 0 Å². The van der Waals surface area contributed by atoms with Crippen molar-refractivity contribution in [2.75, 3.05) is 0 Å². The predicted octanol–water partition coefficient (Wildman–Crippen LogP) is 1.26. The monoisotopic (exact) mass is 209 g/mol. The third-order valence-electron chi connectivity index (χ3n) is 2.29. The van der Waals surface area contributed by atoms with Gasteiger partial charge in [0.2, 0.25) is 0 Å². The number of phenols is 1. The summed E-state index contributed by atoms with van der Waals surface area (Å²) < 4.78 is 0. The number of phenolic OH excluding ortho intramolecular Hbond substituents is 1. The van der Waals surface area contributed by atoms with E-state index in [1.165, 1.54) is 0 Å². The van der Waals surface area contributed by atoms with Crippen molar-refractivity contribution in [3.63, 3.8) is 0 Å². The van der Waals surface area contributed by atoms with Gasteiger partial charge in [-0.25, -0.2) is 0 Å². The second-order valence-corrected chi connectivity index (χ2v) is 3.52. The molecule has 0 saturated carbocycles. The van der Waals surface area contributed by atoms with Gasteiger partial charge in [-0.1, -0.05) is 18.2 Å². The van der Waals surface area contributed by atoms with Crippen molar-refractivity contribution in [3.05, 3.63) is 29.3 Å². The zero-order valence-electron chi connectivity index (χ0n) is 8.82. The highest BCUT2D eigenvalue weighted by atomic mass is 16.4. The minimum absolute atomic E-state index is 0.225.